The third-order valence-electron chi connectivity index (χ3n) is 2.12. The van der Waals surface area contributed by atoms with Gasteiger partial charge in [0.1, 0.15) is 0 Å². The average molecular weight is 205 g/mol. The van der Waals surface area contributed by atoms with E-state index in [1.807, 2.05) is 6.92 Å². The fraction of sp³-hybridized carbons (Fsp3) is 0.417. The molecule has 0 amide bonds. The van der Waals surface area contributed by atoms with Crippen LogP contribution in [0.25, 0.3) is 0 Å². The molecule has 1 rings (SSSR count). The number of hydrogen-bond acceptors (Lipinski definition) is 2. The minimum absolute atomic E-state index is 0.0856. The third kappa shape index (κ3) is 3.08. The molecule has 1 unspecified atom stereocenters. The van der Waals surface area contributed by atoms with Gasteiger partial charge in [0.2, 0.25) is 0 Å². The van der Waals surface area contributed by atoms with Crippen LogP contribution in [0.15, 0.2) is 29.2 Å². The summed E-state index contributed by atoms with van der Waals surface area (Å²) in [4.78, 5) is 1.19. The predicted molar refractivity (Wildman–Crippen MR) is 61.4 cm³/mol. The summed E-state index contributed by atoms with van der Waals surface area (Å²) in [5, 5.41) is 8.90. The van der Waals surface area contributed by atoms with E-state index in [4.69, 9.17) is 5.26 Å². The Hall–Kier alpha value is -0.940. The van der Waals surface area contributed by atoms with Gasteiger partial charge in [-0.2, -0.15) is 5.26 Å². The van der Waals surface area contributed by atoms with Crippen molar-refractivity contribution < 1.29 is 0 Å². The zero-order valence-electron chi connectivity index (χ0n) is 8.66. The Labute approximate surface area is 90.1 Å². The van der Waals surface area contributed by atoms with Gasteiger partial charge < -0.3 is 0 Å². The van der Waals surface area contributed by atoms with Crippen LogP contribution in [0.3, 0.4) is 0 Å². The molecule has 0 heterocycles. The van der Waals surface area contributed by atoms with Crippen LogP contribution in [0, 0.1) is 11.3 Å². The normalized spacial score (nSPS) is 12.1. The second-order valence-electron chi connectivity index (χ2n) is 3.14. The molecular formula is C12H15NS. The quantitative estimate of drug-likeness (QED) is 0.701. The maximum atomic E-state index is 8.82. The summed E-state index contributed by atoms with van der Waals surface area (Å²) in [7, 11) is 0. The Balaban J connectivity index is 2.64. The van der Waals surface area contributed by atoms with E-state index in [0.717, 1.165) is 12.8 Å². The molecule has 0 radical (unpaired) electrons. The van der Waals surface area contributed by atoms with Crippen LogP contribution < -0.4 is 0 Å². The van der Waals surface area contributed by atoms with Crippen LogP contribution in [0.5, 0.6) is 0 Å². The highest BCUT2D eigenvalue weighted by molar-refractivity contribution is 8.00. The first-order valence-corrected chi connectivity index (χ1v) is 5.83. The van der Waals surface area contributed by atoms with E-state index in [1.54, 1.807) is 11.8 Å². The maximum absolute atomic E-state index is 8.82. The van der Waals surface area contributed by atoms with Crippen molar-refractivity contribution in [2.45, 2.75) is 36.8 Å². The Morgan fingerprint density at radius 1 is 1.29 bits per heavy atom. The van der Waals surface area contributed by atoms with Gasteiger partial charge >= 0.3 is 0 Å². The standard InChI is InChI=1S/C12H15NS/c1-3-10-5-7-12(8-6-10)14-11(4-2)9-13/h5-8,11H,3-4H2,1-2H3. The minimum atomic E-state index is 0.0856. The summed E-state index contributed by atoms with van der Waals surface area (Å²) in [6.45, 7) is 4.19. The van der Waals surface area contributed by atoms with Crippen LogP contribution in [-0.2, 0) is 6.42 Å². The highest BCUT2D eigenvalue weighted by Gasteiger charge is 2.05. The van der Waals surface area contributed by atoms with E-state index in [9.17, 15) is 0 Å². The predicted octanol–water partition coefficient (Wildman–Crippen LogP) is 3.64. The lowest BCUT2D eigenvalue weighted by atomic mass is 10.2. The lowest BCUT2D eigenvalue weighted by Crippen LogP contribution is -1.94. The fourth-order valence-electron chi connectivity index (χ4n) is 1.17. The third-order valence-corrected chi connectivity index (χ3v) is 3.39. The Morgan fingerprint density at radius 2 is 1.93 bits per heavy atom. The van der Waals surface area contributed by atoms with Crippen LogP contribution in [-0.4, -0.2) is 5.25 Å². The molecule has 0 aromatic heterocycles. The molecule has 1 atom stereocenters. The minimum Gasteiger partial charge on any atom is -0.197 e. The van der Waals surface area contributed by atoms with E-state index in [-0.39, 0.29) is 5.25 Å². The van der Waals surface area contributed by atoms with Gasteiger partial charge in [-0.05, 0) is 30.5 Å². The molecule has 0 saturated heterocycles. The highest BCUT2D eigenvalue weighted by Crippen LogP contribution is 2.25. The van der Waals surface area contributed by atoms with Crippen molar-refractivity contribution in [3.63, 3.8) is 0 Å². The molecule has 1 aromatic rings. The molecule has 2 heteroatoms. The van der Waals surface area contributed by atoms with Crippen LogP contribution >= 0.6 is 11.8 Å². The molecule has 0 fully saturated rings. The number of nitrogens with zero attached hydrogens (tertiary/aromatic N) is 1. The maximum Gasteiger partial charge on any atom is 0.0961 e. The zero-order chi connectivity index (χ0) is 10.4. The van der Waals surface area contributed by atoms with Crippen molar-refractivity contribution >= 4 is 11.8 Å². The van der Waals surface area contributed by atoms with Crippen LogP contribution in [0.4, 0.5) is 0 Å². The van der Waals surface area contributed by atoms with Crippen molar-refractivity contribution in [2.24, 2.45) is 0 Å². The summed E-state index contributed by atoms with van der Waals surface area (Å²) in [5.41, 5.74) is 1.35. The van der Waals surface area contributed by atoms with Gasteiger partial charge in [-0.3, -0.25) is 0 Å². The average Bonchev–Trinajstić information content (AvgIpc) is 2.26. The molecule has 1 aromatic carbocycles. The first-order chi connectivity index (χ1) is 6.80. The van der Waals surface area contributed by atoms with Crippen molar-refractivity contribution in [1.29, 1.82) is 5.26 Å². The summed E-state index contributed by atoms with van der Waals surface area (Å²) in [5.74, 6) is 0. The number of benzene rings is 1. The Morgan fingerprint density at radius 3 is 2.36 bits per heavy atom. The van der Waals surface area contributed by atoms with E-state index in [0.29, 0.717) is 0 Å². The molecule has 0 saturated carbocycles. The van der Waals surface area contributed by atoms with Gasteiger partial charge in [-0.1, -0.05) is 26.0 Å². The van der Waals surface area contributed by atoms with E-state index in [1.165, 1.54) is 10.5 Å². The van der Waals surface area contributed by atoms with Crippen LogP contribution in [0.2, 0.25) is 0 Å². The van der Waals surface area contributed by atoms with Gasteiger partial charge in [0.15, 0.2) is 0 Å². The first kappa shape index (κ1) is 11.1. The number of aryl methyl sites for hydroxylation is 1. The fourth-order valence-corrected chi connectivity index (χ4v) is 2.01. The van der Waals surface area contributed by atoms with Crippen molar-refractivity contribution in [3.05, 3.63) is 29.8 Å². The molecule has 0 N–H and O–H groups in total. The van der Waals surface area contributed by atoms with Gasteiger partial charge in [-0.25, -0.2) is 0 Å². The molecule has 14 heavy (non-hydrogen) atoms. The molecular weight excluding hydrogens is 190 g/mol. The van der Waals surface area contributed by atoms with Crippen molar-refractivity contribution in [1.82, 2.24) is 0 Å². The molecule has 0 aliphatic carbocycles. The molecule has 1 nitrogen and oxygen atoms in total. The van der Waals surface area contributed by atoms with Crippen molar-refractivity contribution in [3.8, 4) is 6.07 Å². The van der Waals surface area contributed by atoms with E-state index < -0.39 is 0 Å². The molecule has 0 bridgehead atoms. The second kappa shape index (κ2) is 5.72. The monoisotopic (exact) mass is 205 g/mol. The van der Waals surface area contributed by atoms with Gasteiger partial charge in [0.05, 0.1) is 11.3 Å². The summed E-state index contributed by atoms with van der Waals surface area (Å²) in [6.07, 6.45) is 1.97. The highest BCUT2D eigenvalue weighted by atomic mass is 32.2. The summed E-state index contributed by atoms with van der Waals surface area (Å²) in [6, 6.07) is 10.8. The topological polar surface area (TPSA) is 23.8 Å². The molecule has 0 spiro atoms. The Bertz CT molecular complexity index is 310. The summed E-state index contributed by atoms with van der Waals surface area (Å²) >= 11 is 1.65. The van der Waals surface area contributed by atoms with E-state index >= 15 is 0 Å². The lowest BCUT2D eigenvalue weighted by molar-refractivity contribution is 0.984. The first-order valence-electron chi connectivity index (χ1n) is 4.95. The van der Waals surface area contributed by atoms with E-state index in [2.05, 4.69) is 37.3 Å². The molecule has 0 aliphatic heterocycles. The lowest BCUT2D eigenvalue weighted by Gasteiger charge is -2.05. The summed E-state index contributed by atoms with van der Waals surface area (Å²) < 4.78 is 0. The number of nitriles is 1. The zero-order valence-corrected chi connectivity index (χ0v) is 9.47. The SMILES string of the molecule is CCc1ccc(SC(C#N)CC)cc1. The van der Waals surface area contributed by atoms with Gasteiger partial charge in [0, 0.05) is 4.90 Å². The number of hydrogen-bond donors (Lipinski definition) is 0. The van der Waals surface area contributed by atoms with Crippen molar-refractivity contribution in [2.75, 3.05) is 0 Å². The van der Waals surface area contributed by atoms with Gasteiger partial charge in [0.25, 0.3) is 0 Å². The number of rotatable bonds is 4. The van der Waals surface area contributed by atoms with Crippen LogP contribution in [0.1, 0.15) is 25.8 Å². The molecule has 74 valence electrons. The Kier molecular flexibility index (Phi) is 4.55. The number of thioether (sulfide) groups is 1. The smallest absolute Gasteiger partial charge is 0.0961 e. The second-order valence-corrected chi connectivity index (χ2v) is 4.42. The molecule has 0 aliphatic rings. The largest absolute Gasteiger partial charge is 0.197 e. The van der Waals surface area contributed by atoms with Gasteiger partial charge in [-0.15, -0.1) is 11.8 Å².